The Morgan fingerprint density at radius 1 is 0.960 bits per heavy atom. The number of piperazine rings is 1. The van der Waals surface area contributed by atoms with Crippen molar-refractivity contribution in [1.29, 1.82) is 0 Å². The van der Waals surface area contributed by atoms with E-state index in [4.69, 9.17) is 5.11 Å². The van der Waals surface area contributed by atoms with Gasteiger partial charge in [-0.3, -0.25) is 14.4 Å². The number of carboxylic acids is 1. The van der Waals surface area contributed by atoms with Gasteiger partial charge in [-0.25, -0.2) is 0 Å². The third kappa shape index (κ3) is 3.52. The van der Waals surface area contributed by atoms with Crippen LogP contribution >= 0.6 is 0 Å². The molecule has 6 nitrogen and oxygen atoms in total. The van der Waals surface area contributed by atoms with Gasteiger partial charge in [-0.05, 0) is 37.0 Å². The normalized spacial score (nSPS) is 23.1. The molecule has 1 saturated heterocycles. The molecule has 0 bridgehead atoms. The Labute approximate surface area is 147 Å². The van der Waals surface area contributed by atoms with Gasteiger partial charge in [0.1, 0.15) is 0 Å². The SMILES string of the molecule is CCc1ccc(C(=O)N2CCN(C(=O)C3CCC3C(=O)O)CC2)cc1. The number of carboxylic acid groups (broad SMARTS) is 1. The van der Waals surface area contributed by atoms with E-state index in [-0.39, 0.29) is 17.7 Å². The van der Waals surface area contributed by atoms with Crippen LogP contribution in [0.15, 0.2) is 24.3 Å². The first-order valence-corrected chi connectivity index (χ1v) is 8.91. The number of amides is 2. The maximum atomic E-state index is 12.6. The Balaban J connectivity index is 1.55. The first kappa shape index (κ1) is 17.5. The molecule has 2 atom stereocenters. The van der Waals surface area contributed by atoms with Crippen LogP contribution in [0.1, 0.15) is 35.7 Å². The second kappa shape index (κ2) is 7.25. The molecule has 25 heavy (non-hydrogen) atoms. The molecule has 1 aromatic rings. The van der Waals surface area contributed by atoms with Crippen LogP contribution in [0.4, 0.5) is 0 Å². The molecule has 6 heteroatoms. The zero-order chi connectivity index (χ0) is 18.0. The topological polar surface area (TPSA) is 77.9 Å². The van der Waals surface area contributed by atoms with Gasteiger partial charge in [0.15, 0.2) is 0 Å². The van der Waals surface area contributed by atoms with Gasteiger partial charge in [-0.1, -0.05) is 19.1 Å². The average molecular weight is 344 g/mol. The summed E-state index contributed by atoms with van der Waals surface area (Å²) in [6.45, 7) is 4.00. The minimum Gasteiger partial charge on any atom is -0.481 e. The van der Waals surface area contributed by atoms with E-state index >= 15 is 0 Å². The van der Waals surface area contributed by atoms with E-state index in [0.717, 1.165) is 6.42 Å². The van der Waals surface area contributed by atoms with Crippen LogP contribution in [-0.2, 0) is 16.0 Å². The summed E-state index contributed by atoms with van der Waals surface area (Å²) in [5, 5.41) is 9.11. The maximum absolute atomic E-state index is 12.6. The minimum atomic E-state index is -0.881. The Kier molecular flexibility index (Phi) is 5.06. The Hall–Kier alpha value is -2.37. The molecular formula is C19H24N2O4. The molecule has 2 unspecified atom stereocenters. The zero-order valence-corrected chi connectivity index (χ0v) is 14.5. The summed E-state index contributed by atoms with van der Waals surface area (Å²) in [6, 6.07) is 7.64. The number of rotatable bonds is 4. The molecule has 1 aliphatic carbocycles. The van der Waals surface area contributed by atoms with E-state index in [9.17, 15) is 14.4 Å². The number of carbonyl (C=O) groups is 3. The van der Waals surface area contributed by atoms with Crippen molar-refractivity contribution in [3.63, 3.8) is 0 Å². The fraction of sp³-hybridized carbons (Fsp3) is 0.526. The lowest BCUT2D eigenvalue weighted by Crippen LogP contribution is -2.54. The largest absolute Gasteiger partial charge is 0.481 e. The second-order valence-corrected chi connectivity index (χ2v) is 6.80. The minimum absolute atomic E-state index is 0.0122. The smallest absolute Gasteiger partial charge is 0.307 e. The molecule has 3 rings (SSSR count). The molecule has 1 heterocycles. The fourth-order valence-corrected chi connectivity index (χ4v) is 3.52. The highest BCUT2D eigenvalue weighted by molar-refractivity contribution is 5.94. The van der Waals surface area contributed by atoms with Crippen molar-refractivity contribution in [2.45, 2.75) is 26.2 Å². The average Bonchev–Trinajstić information content (AvgIpc) is 2.60. The lowest BCUT2D eigenvalue weighted by atomic mass is 9.73. The molecule has 134 valence electrons. The van der Waals surface area contributed by atoms with Crippen molar-refractivity contribution < 1.29 is 19.5 Å². The van der Waals surface area contributed by atoms with Gasteiger partial charge in [0, 0.05) is 31.7 Å². The van der Waals surface area contributed by atoms with Crippen molar-refractivity contribution in [1.82, 2.24) is 9.80 Å². The molecule has 1 aliphatic heterocycles. The molecule has 0 radical (unpaired) electrons. The number of carbonyl (C=O) groups excluding carboxylic acids is 2. The molecule has 2 aliphatic rings. The van der Waals surface area contributed by atoms with Gasteiger partial charge < -0.3 is 14.9 Å². The van der Waals surface area contributed by atoms with Crippen molar-refractivity contribution in [2.75, 3.05) is 26.2 Å². The number of hydrogen-bond donors (Lipinski definition) is 1. The van der Waals surface area contributed by atoms with Gasteiger partial charge in [0.05, 0.1) is 11.8 Å². The molecular weight excluding hydrogens is 320 g/mol. The predicted octanol–water partition coefficient (Wildman–Crippen LogP) is 1.64. The summed E-state index contributed by atoms with van der Waals surface area (Å²) in [6.07, 6.45) is 2.17. The number of nitrogens with zero attached hydrogens (tertiary/aromatic N) is 2. The van der Waals surface area contributed by atoms with E-state index in [0.29, 0.717) is 44.6 Å². The molecule has 2 fully saturated rings. The Morgan fingerprint density at radius 3 is 2.00 bits per heavy atom. The van der Waals surface area contributed by atoms with Crippen molar-refractivity contribution >= 4 is 17.8 Å². The third-order valence-electron chi connectivity index (χ3n) is 5.40. The summed E-state index contributed by atoms with van der Waals surface area (Å²) in [7, 11) is 0. The summed E-state index contributed by atoms with van der Waals surface area (Å²) in [5.74, 6) is -1.89. The van der Waals surface area contributed by atoms with E-state index in [1.165, 1.54) is 5.56 Å². The standard InChI is InChI=1S/C19H24N2O4/c1-2-13-3-5-14(6-4-13)17(22)20-9-11-21(12-10-20)18(23)15-7-8-16(15)19(24)25/h3-6,15-16H,2,7-12H2,1H3,(H,24,25). The summed E-state index contributed by atoms with van der Waals surface area (Å²) >= 11 is 0. The molecule has 1 aromatic carbocycles. The molecule has 2 amide bonds. The van der Waals surface area contributed by atoms with Crippen LogP contribution in [0.5, 0.6) is 0 Å². The predicted molar refractivity (Wildman–Crippen MR) is 92.2 cm³/mol. The van der Waals surface area contributed by atoms with E-state index in [1.54, 1.807) is 9.80 Å². The lowest BCUT2D eigenvalue weighted by molar-refractivity contribution is -0.157. The van der Waals surface area contributed by atoms with Crippen LogP contribution in [-0.4, -0.2) is 58.9 Å². The quantitative estimate of drug-likeness (QED) is 0.901. The van der Waals surface area contributed by atoms with Gasteiger partial charge in [-0.15, -0.1) is 0 Å². The highest BCUT2D eigenvalue weighted by atomic mass is 16.4. The van der Waals surface area contributed by atoms with Crippen LogP contribution < -0.4 is 0 Å². The van der Waals surface area contributed by atoms with Gasteiger partial charge in [0.25, 0.3) is 5.91 Å². The van der Waals surface area contributed by atoms with Gasteiger partial charge in [-0.2, -0.15) is 0 Å². The van der Waals surface area contributed by atoms with Gasteiger partial charge in [0.2, 0.25) is 5.91 Å². The maximum Gasteiger partial charge on any atom is 0.307 e. The first-order valence-electron chi connectivity index (χ1n) is 8.91. The molecule has 1 saturated carbocycles. The van der Waals surface area contributed by atoms with Crippen molar-refractivity contribution in [3.8, 4) is 0 Å². The Morgan fingerprint density at radius 2 is 1.52 bits per heavy atom. The summed E-state index contributed by atoms with van der Waals surface area (Å²) in [5.41, 5.74) is 1.86. The monoisotopic (exact) mass is 344 g/mol. The lowest BCUT2D eigenvalue weighted by Gasteiger charge is -2.40. The number of hydrogen-bond acceptors (Lipinski definition) is 3. The number of benzene rings is 1. The van der Waals surface area contributed by atoms with E-state index < -0.39 is 11.9 Å². The highest BCUT2D eigenvalue weighted by Crippen LogP contribution is 2.36. The second-order valence-electron chi connectivity index (χ2n) is 6.80. The summed E-state index contributed by atoms with van der Waals surface area (Å²) < 4.78 is 0. The van der Waals surface area contributed by atoms with Crippen molar-refractivity contribution in [3.05, 3.63) is 35.4 Å². The number of aliphatic carboxylic acids is 1. The highest BCUT2D eigenvalue weighted by Gasteiger charge is 2.43. The number of aryl methyl sites for hydroxylation is 1. The van der Waals surface area contributed by atoms with E-state index in [1.807, 2.05) is 24.3 Å². The Bertz CT molecular complexity index is 663. The first-order chi connectivity index (χ1) is 12.0. The van der Waals surface area contributed by atoms with Crippen LogP contribution in [0.25, 0.3) is 0 Å². The zero-order valence-electron chi connectivity index (χ0n) is 14.5. The van der Waals surface area contributed by atoms with Crippen LogP contribution in [0.3, 0.4) is 0 Å². The van der Waals surface area contributed by atoms with Crippen molar-refractivity contribution in [2.24, 2.45) is 11.8 Å². The molecule has 0 aromatic heterocycles. The molecule has 0 spiro atoms. The summed E-state index contributed by atoms with van der Waals surface area (Å²) in [4.78, 5) is 39.6. The third-order valence-corrected chi connectivity index (χ3v) is 5.40. The van der Waals surface area contributed by atoms with Gasteiger partial charge >= 0.3 is 5.97 Å². The fourth-order valence-electron chi connectivity index (χ4n) is 3.52. The molecule has 1 N–H and O–H groups in total. The van der Waals surface area contributed by atoms with Crippen LogP contribution in [0.2, 0.25) is 0 Å². The van der Waals surface area contributed by atoms with Crippen LogP contribution in [0, 0.1) is 11.8 Å². The van der Waals surface area contributed by atoms with E-state index in [2.05, 4.69) is 6.92 Å².